The van der Waals surface area contributed by atoms with Crippen molar-refractivity contribution in [1.29, 1.82) is 0 Å². The molecule has 0 atom stereocenters. The van der Waals surface area contributed by atoms with Crippen LogP contribution in [-0.2, 0) is 16.1 Å². The van der Waals surface area contributed by atoms with E-state index in [9.17, 15) is 14.0 Å². The summed E-state index contributed by atoms with van der Waals surface area (Å²) in [6.45, 7) is 3.47. The zero-order valence-corrected chi connectivity index (χ0v) is 14.6. The topological polar surface area (TPSA) is 60.3 Å². The average Bonchev–Trinajstić information content (AvgIpc) is 3.09. The van der Waals surface area contributed by atoms with Gasteiger partial charge in [0.2, 0.25) is 5.91 Å². The van der Waals surface area contributed by atoms with Crippen molar-refractivity contribution in [3.63, 3.8) is 0 Å². The fraction of sp³-hybridized carbons (Fsp3) is 0.222. The van der Waals surface area contributed by atoms with E-state index in [0.717, 1.165) is 10.2 Å². The van der Waals surface area contributed by atoms with Crippen molar-refractivity contribution in [2.24, 2.45) is 0 Å². The van der Waals surface area contributed by atoms with Crippen LogP contribution in [0.4, 0.5) is 10.1 Å². The summed E-state index contributed by atoms with van der Waals surface area (Å²) in [5, 5.41) is 5.40. The molecule has 7 heteroatoms. The van der Waals surface area contributed by atoms with Crippen LogP contribution in [0.25, 0.3) is 10.2 Å². The monoisotopic (exact) mass is 360 g/mol. The quantitative estimate of drug-likeness (QED) is 0.699. The third kappa shape index (κ3) is 3.88. The third-order valence-electron chi connectivity index (χ3n) is 3.46. The van der Waals surface area contributed by atoms with Crippen molar-refractivity contribution >= 4 is 39.1 Å². The Kier molecular flexibility index (Phi) is 4.85. The van der Waals surface area contributed by atoms with E-state index in [1.54, 1.807) is 30.5 Å². The first-order chi connectivity index (χ1) is 11.9. The van der Waals surface area contributed by atoms with Gasteiger partial charge in [0.15, 0.2) is 0 Å². The first-order valence-corrected chi connectivity index (χ1v) is 8.65. The molecule has 2 aromatic heterocycles. The number of hydrogen-bond donors (Lipinski definition) is 1. The molecule has 0 saturated carbocycles. The summed E-state index contributed by atoms with van der Waals surface area (Å²) in [6, 6.07) is 9.26. The zero-order valence-electron chi connectivity index (χ0n) is 13.8. The van der Waals surface area contributed by atoms with E-state index in [4.69, 9.17) is 4.74 Å². The highest BCUT2D eigenvalue weighted by molar-refractivity contribution is 7.16. The van der Waals surface area contributed by atoms with Gasteiger partial charge in [0.25, 0.3) is 0 Å². The number of nitrogens with zero attached hydrogens (tertiary/aromatic N) is 1. The largest absolute Gasteiger partial charge is 0.458 e. The summed E-state index contributed by atoms with van der Waals surface area (Å²) in [5.41, 5.74) is 0.691. The van der Waals surface area contributed by atoms with E-state index < -0.39 is 11.8 Å². The Morgan fingerprint density at radius 1 is 1.28 bits per heavy atom. The number of nitrogens with one attached hydrogen (secondary N) is 1. The third-order valence-corrected chi connectivity index (χ3v) is 4.42. The highest BCUT2D eigenvalue weighted by Crippen LogP contribution is 2.26. The highest BCUT2D eigenvalue weighted by atomic mass is 32.1. The molecule has 0 aliphatic rings. The molecule has 1 aromatic carbocycles. The highest BCUT2D eigenvalue weighted by Gasteiger charge is 2.20. The molecule has 5 nitrogen and oxygen atoms in total. The normalized spacial score (nSPS) is 11.0. The molecule has 130 valence electrons. The summed E-state index contributed by atoms with van der Waals surface area (Å²) < 4.78 is 20.1. The molecular formula is C18H17FN2O3S. The maximum absolute atomic E-state index is 13.2. The number of anilines is 1. The van der Waals surface area contributed by atoms with Crippen molar-refractivity contribution in [3.8, 4) is 0 Å². The lowest BCUT2D eigenvalue weighted by Gasteiger charge is -2.12. The summed E-state index contributed by atoms with van der Waals surface area (Å²) in [7, 11) is 0. The van der Waals surface area contributed by atoms with Gasteiger partial charge in [0, 0.05) is 11.1 Å². The maximum atomic E-state index is 13.2. The summed E-state index contributed by atoms with van der Waals surface area (Å²) in [4.78, 5) is 25.5. The van der Waals surface area contributed by atoms with Gasteiger partial charge >= 0.3 is 5.97 Å². The van der Waals surface area contributed by atoms with Crippen molar-refractivity contribution in [2.45, 2.75) is 26.5 Å². The Morgan fingerprint density at radius 2 is 2.08 bits per heavy atom. The molecule has 0 aliphatic heterocycles. The van der Waals surface area contributed by atoms with Crippen LogP contribution in [0, 0.1) is 5.82 Å². The average molecular weight is 360 g/mol. The number of rotatable bonds is 5. The molecule has 3 aromatic rings. The van der Waals surface area contributed by atoms with E-state index in [-0.39, 0.29) is 18.6 Å². The molecule has 2 heterocycles. The van der Waals surface area contributed by atoms with Crippen LogP contribution in [0.15, 0.2) is 41.8 Å². The molecule has 0 spiro atoms. The van der Waals surface area contributed by atoms with Crippen LogP contribution in [0.5, 0.6) is 0 Å². The second-order valence-corrected chi connectivity index (χ2v) is 6.70. The molecule has 0 bridgehead atoms. The Hall–Kier alpha value is -2.67. The molecule has 1 N–H and O–H groups in total. The van der Waals surface area contributed by atoms with Gasteiger partial charge < -0.3 is 14.6 Å². The summed E-state index contributed by atoms with van der Waals surface area (Å²) in [5.74, 6) is -1.26. The molecule has 0 unspecified atom stereocenters. The Balaban J connectivity index is 1.85. The maximum Gasteiger partial charge on any atom is 0.355 e. The number of amides is 1. The van der Waals surface area contributed by atoms with E-state index in [1.807, 2.05) is 11.4 Å². The minimum absolute atomic E-state index is 0.0664. The Labute approximate surface area is 148 Å². The first kappa shape index (κ1) is 17.2. The first-order valence-electron chi connectivity index (χ1n) is 7.77. The van der Waals surface area contributed by atoms with Gasteiger partial charge in [-0.2, -0.15) is 0 Å². The van der Waals surface area contributed by atoms with E-state index in [2.05, 4.69) is 5.32 Å². The number of benzene rings is 1. The minimum Gasteiger partial charge on any atom is -0.458 e. The number of carbonyl (C=O) groups is 2. The smallest absolute Gasteiger partial charge is 0.355 e. The van der Waals surface area contributed by atoms with Crippen LogP contribution in [-0.4, -0.2) is 22.5 Å². The van der Waals surface area contributed by atoms with E-state index in [1.165, 1.54) is 29.5 Å². The summed E-state index contributed by atoms with van der Waals surface area (Å²) in [6.07, 6.45) is -0.255. The molecule has 1 amide bonds. The molecule has 0 saturated heterocycles. The molecule has 0 fully saturated rings. The second-order valence-electron chi connectivity index (χ2n) is 5.81. The fourth-order valence-corrected chi connectivity index (χ4v) is 3.38. The lowest BCUT2D eigenvalue weighted by Crippen LogP contribution is -2.22. The predicted octanol–water partition coefficient (Wildman–Crippen LogP) is 4.05. The van der Waals surface area contributed by atoms with E-state index >= 15 is 0 Å². The standard InChI is InChI=1S/C18H17FN2O3S/c1-11(2)24-18(23)15-8-12-6-7-25-17(12)21(15)10-16(22)20-14-5-3-4-13(19)9-14/h3-9,11H,10H2,1-2H3,(H,20,22). The number of hydrogen-bond acceptors (Lipinski definition) is 4. The van der Waals surface area contributed by atoms with Gasteiger partial charge in [0.1, 0.15) is 22.9 Å². The number of fused-ring (bicyclic) bond motifs is 1. The molecule has 0 radical (unpaired) electrons. The van der Waals surface area contributed by atoms with E-state index in [0.29, 0.717) is 11.4 Å². The van der Waals surface area contributed by atoms with Crippen molar-refractivity contribution in [1.82, 2.24) is 4.57 Å². The van der Waals surface area contributed by atoms with Gasteiger partial charge in [-0.25, -0.2) is 9.18 Å². The number of thiophene rings is 1. The number of halogens is 1. The number of carbonyl (C=O) groups excluding carboxylic acids is 2. The lowest BCUT2D eigenvalue weighted by molar-refractivity contribution is -0.116. The minimum atomic E-state index is -0.475. The molecule has 3 rings (SSSR count). The van der Waals surface area contributed by atoms with Crippen LogP contribution in [0.2, 0.25) is 0 Å². The van der Waals surface area contributed by atoms with Crippen molar-refractivity contribution in [2.75, 3.05) is 5.32 Å². The van der Waals surface area contributed by atoms with Gasteiger partial charge in [-0.15, -0.1) is 11.3 Å². The number of aromatic nitrogens is 1. The van der Waals surface area contributed by atoms with Crippen molar-refractivity contribution in [3.05, 3.63) is 53.3 Å². The van der Waals surface area contributed by atoms with Crippen LogP contribution < -0.4 is 5.32 Å². The zero-order chi connectivity index (χ0) is 18.0. The fourth-order valence-electron chi connectivity index (χ4n) is 2.49. The van der Waals surface area contributed by atoms with Gasteiger partial charge in [-0.3, -0.25) is 4.79 Å². The Bertz CT molecular complexity index is 929. The predicted molar refractivity (Wildman–Crippen MR) is 95.4 cm³/mol. The molecular weight excluding hydrogens is 343 g/mol. The second kappa shape index (κ2) is 7.06. The van der Waals surface area contributed by atoms with Crippen LogP contribution in [0.1, 0.15) is 24.3 Å². The van der Waals surface area contributed by atoms with Gasteiger partial charge in [0.05, 0.1) is 6.10 Å². The van der Waals surface area contributed by atoms with Crippen molar-refractivity contribution < 1.29 is 18.7 Å². The number of ether oxygens (including phenoxy) is 1. The SMILES string of the molecule is CC(C)OC(=O)c1cc2ccsc2n1CC(=O)Nc1cccc(F)c1. The molecule has 0 aliphatic carbocycles. The number of esters is 1. The van der Waals surface area contributed by atoms with Gasteiger partial charge in [-0.05, 0) is 49.6 Å². The summed E-state index contributed by atoms with van der Waals surface area (Å²) >= 11 is 1.44. The Morgan fingerprint density at radius 3 is 2.80 bits per heavy atom. The van der Waals surface area contributed by atoms with Crippen LogP contribution >= 0.6 is 11.3 Å². The molecule has 25 heavy (non-hydrogen) atoms. The lowest BCUT2D eigenvalue weighted by atomic mass is 10.3. The van der Waals surface area contributed by atoms with Crippen LogP contribution in [0.3, 0.4) is 0 Å². The van der Waals surface area contributed by atoms with Gasteiger partial charge in [-0.1, -0.05) is 6.07 Å².